The monoisotopic (exact) mass is 343 g/mol. The Morgan fingerprint density at radius 2 is 1.88 bits per heavy atom. The Hall–Kier alpha value is -2.64. The summed E-state index contributed by atoms with van der Waals surface area (Å²) in [6.45, 7) is 0.552. The summed E-state index contributed by atoms with van der Waals surface area (Å²) in [6.07, 6.45) is 1.73. The molecule has 0 unspecified atom stereocenters. The molecule has 6 nitrogen and oxygen atoms in total. The van der Waals surface area contributed by atoms with Gasteiger partial charge in [0.05, 0.1) is 17.5 Å². The Morgan fingerprint density at radius 3 is 2.54 bits per heavy atom. The van der Waals surface area contributed by atoms with Gasteiger partial charge in [0.1, 0.15) is 5.75 Å². The van der Waals surface area contributed by atoms with Crippen molar-refractivity contribution in [2.75, 3.05) is 12.4 Å². The molecular weight excluding hydrogens is 326 g/mol. The van der Waals surface area contributed by atoms with Crippen molar-refractivity contribution in [3.05, 3.63) is 60.3 Å². The van der Waals surface area contributed by atoms with Gasteiger partial charge in [0.25, 0.3) is 0 Å². The average Bonchev–Trinajstić information content (AvgIpc) is 2.59. The molecule has 24 heavy (non-hydrogen) atoms. The molecule has 3 N–H and O–H groups in total. The van der Waals surface area contributed by atoms with Gasteiger partial charge in [-0.15, -0.1) is 0 Å². The number of nitrogens with two attached hydrogens (primary N) is 1. The largest absolute Gasteiger partial charge is 0.497 e. The highest BCUT2D eigenvalue weighted by molar-refractivity contribution is 7.89. The summed E-state index contributed by atoms with van der Waals surface area (Å²) in [4.78, 5) is 4.45. The molecule has 0 fully saturated rings. The van der Waals surface area contributed by atoms with Crippen molar-refractivity contribution in [3.8, 4) is 5.75 Å². The second kappa shape index (κ2) is 6.46. The molecule has 1 heterocycles. The van der Waals surface area contributed by atoms with E-state index in [1.807, 2.05) is 24.3 Å². The smallest absolute Gasteiger partial charge is 0.238 e. The first-order valence-corrected chi connectivity index (χ1v) is 8.80. The minimum atomic E-state index is -3.66. The summed E-state index contributed by atoms with van der Waals surface area (Å²) in [7, 11) is -2.04. The zero-order valence-corrected chi connectivity index (χ0v) is 13.9. The van der Waals surface area contributed by atoms with Gasteiger partial charge in [-0.2, -0.15) is 0 Å². The highest BCUT2D eigenvalue weighted by Crippen LogP contribution is 2.25. The predicted octanol–water partition coefficient (Wildman–Crippen LogP) is 2.50. The van der Waals surface area contributed by atoms with Crippen molar-refractivity contribution in [3.63, 3.8) is 0 Å². The number of fused-ring (bicyclic) bond motifs is 1. The third-order valence-corrected chi connectivity index (χ3v) is 4.61. The molecule has 0 saturated heterocycles. The number of nitrogens with zero attached hydrogens (tertiary/aromatic N) is 1. The molecule has 3 rings (SSSR count). The van der Waals surface area contributed by atoms with Crippen molar-refractivity contribution in [2.45, 2.75) is 11.4 Å². The van der Waals surface area contributed by atoms with E-state index in [1.165, 1.54) is 12.1 Å². The molecule has 7 heteroatoms. The molecule has 0 bridgehead atoms. The molecule has 0 amide bonds. The first kappa shape index (κ1) is 16.2. The molecule has 1 aromatic heterocycles. The number of methoxy groups -OCH3 is 1. The first-order valence-electron chi connectivity index (χ1n) is 7.26. The number of sulfonamides is 1. The summed E-state index contributed by atoms with van der Waals surface area (Å²) in [5.41, 5.74) is 2.72. The van der Waals surface area contributed by atoms with Gasteiger partial charge in [-0.05, 0) is 35.9 Å². The summed E-state index contributed by atoms with van der Waals surface area (Å²) in [5, 5.41) is 9.42. The van der Waals surface area contributed by atoms with E-state index >= 15 is 0 Å². The standard InChI is InChI=1S/C17H17N3O3S/c1-23-13-4-7-15-16(8-9-19-17(15)10-13)20-11-12-2-5-14(6-3-12)24(18,21)22/h2-10H,11H2,1H3,(H,19,20)(H2,18,21,22). The molecule has 124 valence electrons. The highest BCUT2D eigenvalue weighted by Gasteiger charge is 2.07. The molecule has 0 saturated carbocycles. The summed E-state index contributed by atoms with van der Waals surface area (Å²) < 4.78 is 27.7. The Balaban J connectivity index is 1.81. The van der Waals surface area contributed by atoms with Crippen molar-refractivity contribution in [2.24, 2.45) is 5.14 Å². The fourth-order valence-electron chi connectivity index (χ4n) is 2.40. The maximum absolute atomic E-state index is 11.3. The summed E-state index contributed by atoms with van der Waals surface area (Å²) >= 11 is 0. The van der Waals surface area contributed by atoms with Gasteiger partial charge >= 0.3 is 0 Å². The average molecular weight is 343 g/mol. The van der Waals surface area contributed by atoms with Crippen LogP contribution in [0.25, 0.3) is 10.9 Å². The minimum Gasteiger partial charge on any atom is -0.497 e. The van der Waals surface area contributed by atoms with Gasteiger partial charge in [0, 0.05) is 29.9 Å². The second-order valence-corrected chi connectivity index (χ2v) is 6.85. The lowest BCUT2D eigenvalue weighted by Crippen LogP contribution is -2.12. The van der Waals surface area contributed by atoms with Crippen LogP contribution in [0.4, 0.5) is 5.69 Å². The molecule has 0 atom stereocenters. The van der Waals surface area contributed by atoms with Crippen LogP contribution in [0, 0.1) is 0 Å². The van der Waals surface area contributed by atoms with Crippen molar-refractivity contribution in [1.82, 2.24) is 4.98 Å². The van der Waals surface area contributed by atoms with Crippen LogP contribution in [0.2, 0.25) is 0 Å². The van der Waals surface area contributed by atoms with Crippen LogP contribution in [0.15, 0.2) is 59.6 Å². The SMILES string of the molecule is COc1ccc2c(NCc3ccc(S(N)(=O)=O)cc3)ccnc2c1. The lowest BCUT2D eigenvalue weighted by molar-refractivity contribution is 0.415. The third-order valence-electron chi connectivity index (χ3n) is 3.68. The minimum absolute atomic E-state index is 0.104. The molecule has 0 aliphatic rings. The molecule has 0 radical (unpaired) electrons. The maximum Gasteiger partial charge on any atom is 0.238 e. The van der Waals surface area contributed by atoms with Crippen LogP contribution in [0.1, 0.15) is 5.56 Å². The molecule has 0 spiro atoms. The second-order valence-electron chi connectivity index (χ2n) is 5.28. The number of ether oxygens (including phenoxy) is 1. The van der Waals surface area contributed by atoms with E-state index in [1.54, 1.807) is 25.4 Å². The lowest BCUT2D eigenvalue weighted by atomic mass is 10.1. The Labute approximate surface area is 140 Å². The van der Waals surface area contributed by atoms with Crippen LogP contribution >= 0.6 is 0 Å². The lowest BCUT2D eigenvalue weighted by Gasteiger charge is -2.10. The van der Waals surface area contributed by atoms with Crippen molar-refractivity contribution >= 4 is 26.6 Å². The third kappa shape index (κ3) is 3.47. The number of rotatable bonds is 5. The van der Waals surface area contributed by atoms with E-state index in [0.717, 1.165) is 27.9 Å². The number of aromatic nitrogens is 1. The van der Waals surface area contributed by atoms with Gasteiger partial charge < -0.3 is 10.1 Å². The normalized spacial score (nSPS) is 11.4. The first-order chi connectivity index (χ1) is 11.5. The molecule has 3 aromatic rings. The number of primary sulfonamides is 1. The van der Waals surface area contributed by atoms with Crippen LogP contribution in [-0.4, -0.2) is 20.5 Å². The predicted molar refractivity (Wildman–Crippen MR) is 93.4 cm³/mol. The Morgan fingerprint density at radius 1 is 1.12 bits per heavy atom. The molecular formula is C17H17N3O3S. The quantitative estimate of drug-likeness (QED) is 0.742. The van der Waals surface area contributed by atoms with E-state index in [-0.39, 0.29) is 4.90 Å². The van der Waals surface area contributed by atoms with Gasteiger partial charge in [0.15, 0.2) is 0 Å². The van der Waals surface area contributed by atoms with Crippen LogP contribution in [0.5, 0.6) is 5.75 Å². The molecule has 2 aromatic carbocycles. The maximum atomic E-state index is 11.3. The van der Waals surface area contributed by atoms with Gasteiger partial charge in [-0.25, -0.2) is 13.6 Å². The van der Waals surface area contributed by atoms with E-state index in [9.17, 15) is 8.42 Å². The number of pyridine rings is 1. The molecule has 0 aliphatic heterocycles. The Bertz CT molecular complexity index is 970. The van der Waals surface area contributed by atoms with Crippen molar-refractivity contribution in [1.29, 1.82) is 0 Å². The van der Waals surface area contributed by atoms with E-state index in [2.05, 4.69) is 10.3 Å². The zero-order valence-electron chi connectivity index (χ0n) is 13.1. The van der Waals surface area contributed by atoms with Crippen LogP contribution in [0.3, 0.4) is 0 Å². The zero-order chi connectivity index (χ0) is 17.2. The fourth-order valence-corrected chi connectivity index (χ4v) is 2.92. The topological polar surface area (TPSA) is 94.3 Å². The van der Waals surface area contributed by atoms with E-state index < -0.39 is 10.0 Å². The summed E-state index contributed by atoms with van der Waals surface area (Å²) in [6, 6.07) is 14.1. The van der Waals surface area contributed by atoms with Crippen LogP contribution < -0.4 is 15.2 Å². The van der Waals surface area contributed by atoms with E-state index in [4.69, 9.17) is 9.88 Å². The van der Waals surface area contributed by atoms with Crippen molar-refractivity contribution < 1.29 is 13.2 Å². The Kier molecular flexibility index (Phi) is 4.37. The fraction of sp³-hybridized carbons (Fsp3) is 0.118. The van der Waals surface area contributed by atoms with Crippen LogP contribution in [-0.2, 0) is 16.6 Å². The number of benzene rings is 2. The van der Waals surface area contributed by atoms with Gasteiger partial charge in [0.2, 0.25) is 10.0 Å². The van der Waals surface area contributed by atoms with E-state index in [0.29, 0.717) is 6.54 Å². The number of nitrogens with one attached hydrogen (secondary N) is 1. The summed E-state index contributed by atoms with van der Waals surface area (Å²) in [5.74, 6) is 0.755. The number of anilines is 1. The highest BCUT2D eigenvalue weighted by atomic mass is 32.2. The van der Waals surface area contributed by atoms with Gasteiger partial charge in [-0.3, -0.25) is 4.98 Å². The van der Waals surface area contributed by atoms with Gasteiger partial charge in [-0.1, -0.05) is 12.1 Å². The number of hydrogen-bond acceptors (Lipinski definition) is 5. The number of hydrogen-bond donors (Lipinski definition) is 2. The molecule has 0 aliphatic carbocycles.